The van der Waals surface area contributed by atoms with Crippen molar-refractivity contribution in [3.05, 3.63) is 59.2 Å². The Kier molecular flexibility index (Phi) is 3.60. The first kappa shape index (κ1) is 15.5. The van der Waals surface area contributed by atoms with Crippen LogP contribution in [-0.2, 0) is 6.42 Å². The number of allylic oxidation sites excluding steroid dienone is 1. The fraction of sp³-hybridized carbons (Fsp3) is 0.263. The number of fused-ring (bicyclic) bond motifs is 3. The number of rotatable bonds is 2. The summed E-state index contributed by atoms with van der Waals surface area (Å²) in [4.78, 5) is 14.6. The van der Waals surface area contributed by atoms with Gasteiger partial charge in [0.2, 0.25) is 5.78 Å². The Morgan fingerprint density at radius 1 is 1.12 bits per heavy atom. The van der Waals surface area contributed by atoms with Crippen molar-refractivity contribution >= 4 is 11.4 Å². The molecule has 0 atom stereocenters. The highest BCUT2D eigenvalue weighted by atomic mass is 16.1. The van der Waals surface area contributed by atoms with Crippen LogP contribution in [0.1, 0.15) is 28.3 Å². The average molecular weight is 333 g/mol. The van der Waals surface area contributed by atoms with Crippen molar-refractivity contribution in [2.45, 2.75) is 19.8 Å². The van der Waals surface area contributed by atoms with Gasteiger partial charge in [-0.15, -0.1) is 10.2 Å². The quantitative estimate of drug-likeness (QED) is 0.675. The molecule has 0 saturated heterocycles. The molecule has 1 aromatic carbocycles. The zero-order valence-electron chi connectivity index (χ0n) is 14.5. The number of ketones is 1. The molecule has 1 aliphatic rings. The van der Waals surface area contributed by atoms with E-state index < -0.39 is 0 Å². The summed E-state index contributed by atoms with van der Waals surface area (Å²) in [5, 5.41) is 13.3. The molecule has 0 bridgehead atoms. The number of aromatic nitrogens is 4. The van der Waals surface area contributed by atoms with E-state index in [1.165, 1.54) is 0 Å². The van der Waals surface area contributed by atoms with Gasteiger partial charge in [-0.05, 0) is 25.3 Å². The van der Waals surface area contributed by atoms with Gasteiger partial charge in [-0.1, -0.05) is 30.3 Å². The Morgan fingerprint density at radius 2 is 1.88 bits per heavy atom. The summed E-state index contributed by atoms with van der Waals surface area (Å²) in [5.41, 5.74) is 5.63. The fourth-order valence-corrected chi connectivity index (χ4v) is 3.35. The first-order chi connectivity index (χ1) is 12.1. The Hall–Kier alpha value is -3.02. The molecule has 25 heavy (non-hydrogen) atoms. The van der Waals surface area contributed by atoms with Crippen molar-refractivity contribution in [3.8, 4) is 11.1 Å². The van der Waals surface area contributed by atoms with Crippen LogP contribution in [-0.4, -0.2) is 44.6 Å². The average Bonchev–Trinajstić information content (AvgIpc) is 2.94. The largest absolute Gasteiger partial charge is 0.383 e. The zero-order valence-corrected chi connectivity index (χ0v) is 14.5. The van der Waals surface area contributed by atoms with Crippen molar-refractivity contribution < 1.29 is 4.79 Å². The summed E-state index contributed by atoms with van der Waals surface area (Å²) in [6.07, 6.45) is 3.27. The highest BCUT2D eigenvalue weighted by Crippen LogP contribution is 2.30. The third-order valence-electron chi connectivity index (χ3n) is 4.42. The molecule has 0 unspecified atom stereocenters. The number of carbonyl (C=O) groups excluding carboxylic acids is 1. The van der Waals surface area contributed by atoms with Gasteiger partial charge in [-0.25, -0.2) is 4.52 Å². The van der Waals surface area contributed by atoms with Crippen LogP contribution in [0.3, 0.4) is 0 Å². The molecule has 0 N–H and O–H groups in total. The van der Waals surface area contributed by atoms with E-state index in [1.54, 1.807) is 4.52 Å². The lowest BCUT2D eigenvalue weighted by Gasteiger charge is -2.18. The number of hydrogen-bond donors (Lipinski definition) is 0. The molecule has 2 aromatic heterocycles. The maximum atomic E-state index is 12.7. The molecule has 126 valence electrons. The van der Waals surface area contributed by atoms with Crippen LogP contribution >= 0.6 is 0 Å². The van der Waals surface area contributed by atoms with Crippen LogP contribution in [0.25, 0.3) is 16.8 Å². The van der Waals surface area contributed by atoms with E-state index in [0.717, 1.165) is 34.5 Å². The van der Waals surface area contributed by atoms with Gasteiger partial charge in [0.15, 0.2) is 11.3 Å². The molecule has 0 radical (unpaired) electrons. The second-order valence-electron chi connectivity index (χ2n) is 6.50. The summed E-state index contributed by atoms with van der Waals surface area (Å²) in [7, 11) is 3.82. The Bertz CT molecular complexity index is 1000. The zero-order chi connectivity index (χ0) is 17.6. The first-order valence-corrected chi connectivity index (χ1v) is 8.28. The summed E-state index contributed by atoms with van der Waals surface area (Å²) in [6.45, 7) is 1.96. The third kappa shape index (κ3) is 2.50. The minimum atomic E-state index is -0.0567. The number of benzene rings is 1. The SMILES string of the molecule is Cc1nn2c3c(nnc2c1-c1ccccc1)C(=O)/C(=C/N(C)C)CC3. The van der Waals surface area contributed by atoms with Crippen molar-refractivity contribution in [1.29, 1.82) is 0 Å². The lowest BCUT2D eigenvalue weighted by atomic mass is 9.94. The first-order valence-electron chi connectivity index (χ1n) is 8.28. The summed E-state index contributed by atoms with van der Waals surface area (Å²) in [5.74, 6) is -0.0567. The minimum Gasteiger partial charge on any atom is -0.383 e. The summed E-state index contributed by atoms with van der Waals surface area (Å²) in [6, 6.07) is 10.0. The van der Waals surface area contributed by atoms with Gasteiger partial charge >= 0.3 is 0 Å². The summed E-state index contributed by atoms with van der Waals surface area (Å²) < 4.78 is 1.80. The van der Waals surface area contributed by atoms with Crippen molar-refractivity contribution in [1.82, 2.24) is 24.7 Å². The van der Waals surface area contributed by atoms with Gasteiger partial charge in [-0.3, -0.25) is 4.79 Å². The van der Waals surface area contributed by atoms with E-state index in [0.29, 0.717) is 17.8 Å². The third-order valence-corrected chi connectivity index (χ3v) is 4.42. The van der Waals surface area contributed by atoms with Crippen molar-refractivity contribution in [3.63, 3.8) is 0 Å². The number of Topliss-reactive ketones (excluding diaryl/α,β-unsaturated/α-hetero) is 1. The molecule has 0 spiro atoms. The molecule has 0 saturated carbocycles. The number of nitrogens with zero attached hydrogens (tertiary/aromatic N) is 5. The van der Waals surface area contributed by atoms with E-state index in [-0.39, 0.29) is 5.78 Å². The van der Waals surface area contributed by atoms with Gasteiger partial charge in [-0.2, -0.15) is 5.10 Å². The van der Waals surface area contributed by atoms with E-state index in [2.05, 4.69) is 15.3 Å². The van der Waals surface area contributed by atoms with Gasteiger partial charge in [0.25, 0.3) is 0 Å². The Morgan fingerprint density at radius 3 is 2.60 bits per heavy atom. The molecular weight excluding hydrogens is 314 g/mol. The lowest BCUT2D eigenvalue weighted by Crippen LogP contribution is -2.22. The number of hydrogen-bond acceptors (Lipinski definition) is 5. The predicted octanol–water partition coefficient (Wildman–Crippen LogP) is 2.67. The number of aryl methyl sites for hydroxylation is 2. The van der Waals surface area contributed by atoms with Gasteiger partial charge < -0.3 is 4.90 Å². The van der Waals surface area contributed by atoms with Crippen LogP contribution in [0.5, 0.6) is 0 Å². The highest BCUT2D eigenvalue weighted by Gasteiger charge is 2.28. The predicted molar refractivity (Wildman–Crippen MR) is 95.4 cm³/mol. The highest BCUT2D eigenvalue weighted by molar-refractivity contribution is 6.09. The molecule has 0 amide bonds. The van der Waals surface area contributed by atoms with E-state index >= 15 is 0 Å². The van der Waals surface area contributed by atoms with Crippen LogP contribution in [0, 0.1) is 6.92 Å². The van der Waals surface area contributed by atoms with Crippen LogP contribution < -0.4 is 0 Å². The smallest absolute Gasteiger partial charge is 0.212 e. The molecule has 0 fully saturated rings. The Balaban J connectivity index is 1.90. The minimum absolute atomic E-state index is 0.0567. The Labute approximate surface area is 145 Å². The van der Waals surface area contributed by atoms with Crippen LogP contribution in [0.2, 0.25) is 0 Å². The van der Waals surface area contributed by atoms with Crippen LogP contribution in [0.4, 0.5) is 0 Å². The lowest BCUT2D eigenvalue weighted by molar-refractivity contribution is 0.101. The van der Waals surface area contributed by atoms with Crippen molar-refractivity contribution in [2.75, 3.05) is 14.1 Å². The summed E-state index contributed by atoms with van der Waals surface area (Å²) >= 11 is 0. The topological polar surface area (TPSA) is 63.4 Å². The molecular formula is C19H19N5O. The van der Waals surface area contributed by atoms with Gasteiger partial charge in [0.05, 0.1) is 17.0 Å². The maximum absolute atomic E-state index is 12.7. The molecule has 0 aliphatic heterocycles. The van der Waals surface area contributed by atoms with Gasteiger partial charge in [0, 0.05) is 25.9 Å². The molecule has 6 nitrogen and oxygen atoms in total. The number of carbonyl (C=O) groups is 1. The molecule has 2 heterocycles. The van der Waals surface area contributed by atoms with E-state index in [9.17, 15) is 4.79 Å². The second-order valence-corrected chi connectivity index (χ2v) is 6.50. The second kappa shape index (κ2) is 5.81. The van der Waals surface area contributed by atoms with E-state index in [1.807, 2.05) is 62.5 Å². The molecule has 6 heteroatoms. The monoisotopic (exact) mass is 333 g/mol. The molecule has 4 rings (SSSR count). The van der Waals surface area contributed by atoms with Crippen molar-refractivity contribution in [2.24, 2.45) is 0 Å². The fourth-order valence-electron chi connectivity index (χ4n) is 3.35. The van der Waals surface area contributed by atoms with Crippen LogP contribution in [0.15, 0.2) is 42.1 Å². The maximum Gasteiger partial charge on any atom is 0.212 e. The van der Waals surface area contributed by atoms with E-state index in [4.69, 9.17) is 0 Å². The normalized spacial score (nSPS) is 15.6. The molecule has 3 aromatic rings. The van der Waals surface area contributed by atoms with Gasteiger partial charge in [0.1, 0.15) is 0 Å². The molecule has 1 aliphatic carbocycles. The standard InChI is InChI=1S/C19H19N5O/c1-12-16(13-7-5-4-6-8-13)19-21-20-17-15(24(19)22-12)10-9-14(18(17)25)11-23(2)3/h4-8,11H,9-10H2,1-3H3/b14-11+.